The van der Waals surface area contributed by atoms with Crippen LogP contribution in [0, 0.1) is 6.54 Å². The second kappa shape index (κ2) is 10.4. The Morgan fingerprint density at radius 3 is 2.21 bits per heavy atom. The molecule has 2 aromatic carbocycles. The number of rotatable bonds is 9. The highest BCUT2D eigenvalue weighted by molar-refractivity contribution is 5.67. The summed E-state index contributed by atoms with van der Waals surface area (Å²) in [7, 11) is 0. The Morgan fingerprint density at radius 2 is 1.58 bits per heavy atom. The third kappa shape index (κ3) is 7.26. The standard InChI is InChI=1S/C19H22NO4/c21-18(23-14-16-8-3-1-4-9-16)12-7-13-20-19(22)24-15-17-10-5-2-6-11-17/h1-6,8-11,13,18,21H,7,12,14-15H2,(H,20,22). The molecular weight excluding hydrogens is 306 g/mol. The van der Waals surface area contributed by atoms with Crippen molar-refractivity contribution in [2.75, 3.05) is 0 Å². The number of alkyl carbamates (subject to hydrolysis) is 1. The number of nitrogens with one attached hydrogen (secondary N) is 1. The monoisotopic (exact) mass is 328 g/mol. The van der Waals surface area contributed by atoms with Crippen molar-refractivity contribution in [1.82, 2.24) is 5.32 Å². The first kappa shape index (κ1) is 18.0. The molecule has 0 heterocycles. The highest BCUT2D eigenvalue weighted by Crippen LogP contribution is 2.06. The van der Waals surface area contributed by atoms with Gasteiger partial charge in [0.2, 0.25) is 0 Å². The molecule has 0 aliphatic heterocycles. The SMILES string of the molecule is O=C(N[CH]CCC(O)OCc1ccccc1)OCc1ccccc1. The smallest absolute Gasteiger partial charge is 0.407 e. The second-order valence-electron chi connectivity index (χ2n) is 5.24. The molecule has 1 radical (unpaired) electrons. The number of carbonyl (C=O) groups is 1. The Bertz CT molecular complexity index is 589. The van der Waals surface area contributed by atoms with E-state index in [9.17, 15) is 9.90 Å². The molecule has 1 unspecified atom stereocenters. The van der Waals surface area contributed by atoms with Gasteiger partial charge in [0.05, 0.1) is 13.2 Å². The van der Waals surface area contributed by atoms with Gasteiger partial charge in [0, 0.05) is 6.42 Å². The van der Waals surface area contributed by atoms with Crippen LogP contribution in [0.5, 0.6) is 0 Å². The van der Waals surface area contributed by atoms with Crippen LogP contribution in [0.25, 0.3) is 0 Å². The highest BCUT2D eigenvalue weighted by atomic mass is 16.6. The third-order valence-corrected chi connectivity index (χ3v) is 3.28. The van der Waals surface area contributed by atoms with Gasteiger partial charge in [-0.2, -0.15) is 0 Å². The van der Waals surface area contributed by atoms with Crippen LogP contribution in [0.4, 0.5) is 4.79 Å². The lowest BCUT2D eigenvalue weighted by Crippen LogP contribution is -2.22. The van der Waals surface area contributed by atoms with Crippen LogP contribution in [0.1, 0.15) is 24.0 Å². The van der Waals surface area contributed by atoms with E-state index in [0.29, 0.717) is 19.4 Å². The van der Waals surface area contributed by atoms with E-state index in [1.165, 1.54) is 0 Å². The van der Waals surface area contributed by atoms with E-state index in [2.05, 4.69) is 5.32 Å². The zero-order valence-electron chi connectivity index (χ0n) is 13.4. The molecule has 5 heteroatoms. The third-order valence-electron chi connectivity index (χ3n) is 3.28. The van der Waals surface area contributed by atoms with Crippen molar-refractivity contribution >= 4 is 6.09 Å². The topological polar surface area (TPSA) is 67.8 Å². The minimum atomic E-state index is -0.872. The molecule has 2 aromatic rings. The molecule has 0 fully saturated rings. The summed E-state index contributed by atoms with van der Waals surface area (Å²) >= 11 is 0. The molecule has 0 aliphatic carbocycles. The number of amides is 1. The summed E-state index contributed by atoms with van der Waals surface area (Å²) in [5.74, 6) is 0. The summed E-state index contributed by atoms with van der Waals surface area (Å²) in [6, 6.07) is 19.1. The zero-order valence-corrected chi connectivity index (χ0v) is 13.4. The lowest BCUT2D eigenvalue weighted by molar-refractivity contribution is -0.111. The molecule has 24 heavy (non-hydrogen) atoms. The van der Waals surface area contributed by atoms with Crippen LogP contribution in [0.2, 0.25) is 0 Å². The molecule has 0 saturated heterocycles. The Labute approximate surface area is 142 Å². The summed E-state index contributed by atoms with van der Waals surface area (Å²) in [6.45, 7) is 2.14. The fourth-order valence-corrected chi connectivity index (χ4v) is 2.00. The van der Waals surface area contributed by atoms with Crippen LogP contribution in [0.3, 0.4) is 0 Å². The van der Waals surface area contributed by atoms with Gasteiger partial charge in [-0.3, -0.25) is 0 Å². The van der Waals surface area contributed by atoms with Gasteiger partial charge < -0.3 is 19.9 Å². The molecule has 0 aliphatic rings. The fraction of sp³-hybridized carbons (Fsp3) is 0.263. The lowest BCUT2D eigenvalue weighted by atomic mass is 10.2. The van der Waals surface area contributed by atoms with Gasteiger partial charge in [0.15, 0.2) is 6.29 Å². The van der Waals surface area contributed by atoms with Gasteiger partial charge >= 0.3 is 6.09 Å². The van der Waals surface area contributed by atoms with Gasteiger partial charge in [0.25, 0.3) is 0 Å². The maximum absolute atomic E-state index is 11.5. The normalized spacial score (nSPS) is 11.7. The van der Waals surface area contributed by atoms with E-state index in [-0.39, 0.29) is 6.61 Å². The Balaban J connectivity index is 1.51. The van der Waals surface area contributed by atoms with E-state index in [0.717, 1.165) is 11.1 Å². The van der Waals surface area contributed by atoms with Gasteiger partial charge in [-0.25, -0.2) is 4.79 Å². The molecule has 0 bridgehead atoms. The predicted octanol–water partition coefficient (Wildman–Crippen LogP) is 3.39. The molecule has 0 aromatic heterocycles. The van der Waals surface area contributed by atoms with Crippen molar-refractivity contribution in [3.8, 4) is 0 Å². The van der Waals surface area contributed by atoms with Crippen molar-refractivity contribution in [3.63, 3.8) is 0 Å². The molecule has 1 amide bonds. The molecular formula is C19H22NO4. The number of benzene rings is 2. The van der Waals surface area contributed by atoms with Gasteiger partial charge in [0.1, 0.15) is 6.61 Å². The van der Waals surface area contributed by atoms with Crippen molar-refractivity contribution < 1.29 is 19.4 Å². The lowest BCUT2D eigenvalue weighted by Gasteiger charge is -2.12. The number of carbonyl (C=O) groups excluding carboxylic acids is 1. The maximum Gasteiger partial charge on any atom is 0.407 e. The summed E-state index contributed by atoms with van der Waals surface area (Å²) in [5.41, 5.74) is 1.93. The number of aliphatic hydroxyl groups is 1. The Kier molecular flexibility index (Phi) is 7.80. The highest BCUT2D eigenvalue weighted by Gasteiger charge is 2.06. The van der Waals surface area contributed by atoms with Crippen molar-refractivity contribution in [1.29, 1.82) is 0 Å². The number of hydrogen-bond donors (Lipinski definition) is 2. The van der Waals surface area contributed by atoms with Gasteiger partial charge in [-0.15, -0.1) is 0 Å². The first-order chi connectivity index (χ1) is 11.7. The summed E-state index contributed by atoms with van der Waals surface area (Å²) in [4.78, 5) is 11.5. The quantitative estimate of drug-likeness (QED) is 0.547. The van der Waals surface area contributed by atoms with Crippen LogP contribution < -0.4 is 5.32 Å². The van der Waals surface area contributed by atoms with Crippen molar-refractivity contribution in [2.24, 2.45) is 0 Å². The van der Waals surface area contributed by atoms with E-state index < -0.39 is 12.4 Å². The van der Waals surface area contributed by atoms with Crippen LogP contribution in [-0.2, 0) is 22.7 Å². The molecule has 1 atom stereocenters. The Morgan fingerprint density at radius 1 is 1.00 bits per heavy atom. The van der Waals surface area contributed by atoms with Crippen LogP contribution in [0.15, 0.2) is 60.7 Å². The molecule has 127 valence electrons. The second-order valence-corrected chi connectivity index (χ2v) is 5.24. The molecule has 0 saturated carbocycles. The average Bonchev–Trinajstić information content (AvgIpc) is 2.63. The summed E-state index contributed by atoms with van der Waals surface area (Å²) in [6.07, 6.45) is -0.510. The van der Waals surface area contributed by atoms with Crippen molar-refractivity contribution in [3.05, 3.63) is 78.3 Å². The predicted molar refractivity (Wildman–Crippen MR) is 90.5 cm³/mol. The summed E-state index contributed by atoms with van der Waals surface area (Å²) in [5, 5.41) is 12.3. The van der Waals surface area contributed by atoms with E-state index in [4.69, 9.17) is 9.47 Å². The summed E-state index contributed by atoms with van der Waals surface area (Å²) < 4.78 is 10.4. The molecule has 0 spiro atoms. The van der Waals surface area contributed by atoms with Gasteiger partial charge in [-0.1, -0.05) is 60.7 Å². The molecule has 2 rings (SSSR count). The zero-order chi connectivity index (χ0) is 17.0. The number of aliphatic hydroxyl groups excluding tert-OH is 1. The van der Waals surface area contributed by atoms with Crippen LogP contribution >= 0.6 is 0 Å². The number of ether oxygens (including phenoxy) is 2. The van der Waals surface area contributed by atoms with E-state index >= 15 is 0 Å². The van der Waals surface area contributed by atoms with Crippen LogP contribution in [-0.4, -0.2) is 17.5 Å². The van der Waals surface area contributed by atoms with E-state index in [1.54, 1.807) is 6.54 Å². The minimum absolute atomic E-state index is 0.226. The van der Waals surface area contributed by atoms with Gasteiger partial charge in [-0.05, 0) is 17.5 Å². The molecule has 5 nitrogen and oxygen atoms in total. The average molecular weight is 328 g/mol. The minimum Gasteiger partial charge on any atom is -0.445 e. The Hall–Kier alpha value is -2.37. The largest absolute Gasteiger partial charge is 0.445 e. The fourth-order valence-electron chi connectivity index (χ4n) is 2.00. The first-order valence-electron chi connectivity index (χ1n) is 7.86. The molecule has 2 N–H and O–H groups in total. The van der Waals surface area contributed by atoms with Crippen molar-refractivity contribution in [2.45, 2.75) is 32.3 Å². The first-order valence-corrected chi connectivity index (χ1v) is 7.86. The maximum atomic E-state index is 11.5. The van der Waals surface area contributed by atoms with E-state index in [1.807, 2.05) is 60.7 Å². The number of hydrogen-bond acceptors (Lipinski definition) is 4.